The van der Waals surface area contributed by atoms with E-state index in [1.165, 1.54) is 0 Å². The van der Waals surface area contributed by atoms with Crippen LogP contribution in [0.1, 0.15) is 31.4 Å². The molecule has 1 fully saturated rings. The fourth-order valence-corrected chi connectivity index (χ4v) is 3.05. The van der Waals surface area contributed by atoms with Crippen LogP contribution < -0.4 is 5.73 Å². The number of benzene rings is 1. The van der Waals surface area contributed by atoms with Gasteiger partial charge in [-0.3, -0.25) is 4.79 Å². The number of hydrogen-bond acceptors (Lipinski definition) is 2. The van der Waals surface area contributed by atoms with Gasteiger partial charge in [0.1, 0.15) is 0 Å². The van der Waals surface area contributed by atoms with Gasteiger partial charge in [-0.15, -0.1) is 0 Å². The van der Waals surface area contributed by atoms with E-state index in [-0.39, 0.29) is 17.5 Å². The maximum Gasteiger partial charge on any atom is 0.227 e. The monoisotopic (exact) mass is 324 g/mol. The second-order valence-electron chi connectivity index (χ2n) is 5.84. The zero-order valence-corrected chi connectivity index (χ0v) is 13.3. The lowest BCUT2D eigenvalue weighted by atomic mass is 9.96. The second kappa shape index (κ2) is 5.25. The molecule has 19 heavy (non-hydrogen) atoms. The molecule has 0 aromatic heterocycles. The van der Waals surface area contributed by atoms with Gasteiger partial charge in [0, 0.05) is 17.1 Å². The number of hydrogen-bond donors (Lipinski definition) is 1. The first-order valence-corrected chi connectivity index (χ1v) is 7.42. The van der Waals surface area contributed by atoms with Gasteiger partial charge >= 0.3 is 0 Å². The first-order valence-electron chi connectivity index (χ1n) is 6.63. The fraction of sp³-hybridized carbons (Fsp3) is 0.533. The molecule has 1 amide bonds. The van der Waals surface area contributed by atoms with Crippen LogP contribution in [-0.2, 0) is 11.2 Å². The van der Waals surface area contributed by atoms with E-state index in [9.17, 15) is 4.79 Å². The zero-order chi connectivity index (χ0) is 14.2. The molecule has 0 saturated carbocycles. The first-order chi connectivity index (χ1) is 8.82. The van der Waals surface area contributed by atoms with Crippen LogP contribution in [0.15, 0.2) is 22.7 Å². The first kappa shape index (κ1) is 14.5. The van der Waals surface area contributed by atoms with Crippen molar-refractivity contribution < 1.29 is 4.79 Å². The molecule has 1 aliphatic rings. The van der Waals surface area contributed by atoms with Crippen LogP contribution in [0.25, 0.3) is 0 Å². The van der Waals surface area contributed by atoms with Gasteiger partial charge in [-0.05, 0) is 50.5 Å². The lowest BCUT2D eigenvalue weighted by Crippen LogP contribution is -2.51. The van der Waals surface area contributed by atoms with E-state index < -0.39 is 0 Å². The molecule has 2 rings (SSSR count). The van der Waals surface area contributed by atoms with Gasteiger partial charge < -0.3 is 10.6 Å². The minimum absolute atomic E-state index is 0.0695. The molecule has 0 bridgehead atoms. The molecule has 3 nitrogen and oxygen atoms in total. The quantitative estimate of drug-likeness (QED) is 0.909. The summed E-state index contributed by atoms with van der Waals surface area (Å²) in [6.07, 6.45) is 1.33. The average molecular weight is 325 g/mol. The van der Waals surface area contributed by atoms with Crippen molar-refractivity contribution in [2.75, 3.05) is 6.54 Å². The Morgan fingerprint density at radius 1 is 1.53 bits per heavy atom. The Hall–Kier alpha value is -0.870. The number of carbonyl (C=O) groups excluding carboxylic acids is 1. The van der Waals surface area contributed by atoms with Gasteiger partial charge in [-0.25, -0.2) is 0 Å². The summed E-state index contributed by atoms with van der Waals surface area (Å²) in [6.45, 7) is 6.91. The lowest BCUT2D eigenvalue weighted by Gasteiger charge is -2.34. The molecule has 1 saturated heterocycles. The summed E-state index contributed by atoms with van der Waals surface area (Å²) < 4.78 is 1.01. The van der Waals surface area contributed by atoms with E-state index in [0.29, 0.717) is 6.42 Å². The molecule has 104 valence electrons. The molecule has 1 heterocycles. The van der Waals surface area contributed by atoms with Crippen LogP contribution >= 0.6 is 15.9 Å². The summed E-state index contributed by atoms with van der Waals surface area (Å²) in [6, 6.07) is 6.13. The van der Waals surface area contributed by atoms with Crippen LogP contribution in [0.2, 0.25) is 0 Å². The topological polar surface area (TPSA) is 46.3 Å². The van der Waals surface area contributed by atoms with Crippen LogP contribution in [0, 0.1) is 6.92 Å². The smallest absolute Gasteiger partial charge is 0.227 e. The Labute approximate surface area is 123 Å². The minimum Gasteiger partial charge on any atom is -0.336 e. The SMILES string of the molecule is Cc1ccc(Br)cc1CC(=O)N1CCC(N)C1(C)C. The van der Waals surface area contributed by atoms with Gasteiger partial charge in [0.25, 0.3) is 0 Å². The second-order valence-corrected chi connectivity index (χ2v) is 6.76. The zero-order valence-electron chi connectivity index (χ0n) is 11.7. The number of carbonyl (C=O) groups is 1. The summed E-state index contributed by atoms with van der Waals surface area (Å²) in [4.78, 5) is 14.4. The molecule has 1 aromatic rings. The molecular formula is C15H21BrN2O. The summed E-state index contributed by atoms with van der Waals surface area (Å²) in [5.74, 6) is 0.166. The van der Waals surface area contributed by atoms with Gasteiger partial charge in [-0.2, -0.15) is 0 Å². The standard InChI is InChI=1S/C15H21BrN2O/c1-10-4-5-12(16)8-11(10)9-14(19)18-7-6-13(17)15(18,2)3/h4-5,8,13H,6-7,9,17H2,1-3H3. The van der Waals surface area contributed by atoms with E-state index >= 15 is 0 Å². The highest BCUT2D eigenvalue weighted by Gasteiger charge is 2.41. The molecule has 4 heteroatoms. The van der Waals surface area contributed by atoms with E-state index in [0.717, 1.165) is 28.6 Å². The summed E-state index contributed by atoms with van der Waals surface area (Å²) in [5.41, 5.74) is 8.08. The normalized spacial score (nSPS) is 21.7. The van der Waals surface area contributed by atoms with Crippen molar-refractivity contribution in [3.63, 3.8) is 0 Å². The van der Waals surface area contributed by atoms with Crippen molar-refractivity contribution in [1.29, 1.82) is 0 Å². The number of nitrogens with zero attached hydrogens (tertiary/aromatic N) is 1. The third-order valence-corrected chi connectivity index (χ3v) is 4.71. The fourth-order valence-electron chi connectivity index (χ4n) is 2.64. The van der Waals surface area contributed by atoms with Gasteiger partial charge in [0.05, 0.1) is 12.0 Å². The van der Waals surface area contributed by atoms with Crippen molar-refractivity contribution in [2.45, 2.75) is 45.2 Å². The van der Waals surface area contributed by atoms with Crippen molar-refractivity contribution >= 4 is 21.8 Å². The number of likely N-dealkylation sites (tertiary alicyclic amines) is 1. The number of halogens is 1. The highest BCUT2D eigenvalue weighted by Crippen LogP contribution is 2.28. The molecule has 0 radical (unpaired) electrons. The number of aryl methyl sites for hydroxylation is 1. The molecule has 1 atom stereocenters. The molecular weight excluding hydrogens is 304 g/mol. The van der Waals surface area contributed by atoms with Crippen LogP contribution in [-0.4, -0.2) is 28.9 Å². The van der Waals surface area contributed by atoms with Crippen molar-refractivity contribution in [1.82, 2.24) is 4.90 Å². The van der Waals surface area contributed by atoms with Crippen LogP contribution in [0.5, 0.6) is 0 Å². The van der Waals surface area contributed by atoms with Gasteiger partial charge in [-0.1, -0.05) is 22.0 Å². The minimum atomic E-state index is -0.239. The van der Waals surface area contributed by atoms with Gasteiger partial charge in [0.15, 0.2) is 0 Å². The summed E-state index contributed by atoms with van der Waals surface area (Å²) in [7, 11) is 0. The van der Waals surface area contributed by atoms with Crippen LogP contribution in [0.3, 0.4) is 0 Å². The predicted molar refractivity (Wildman–Crippen MR) is 81.0 cm³/mol. The van der Waals surface area contributed by atoms with E-state index in [1.54, 1.807) is 0 Å². The largest absolute Gasteiger partial charge is 0.336 e. The molecule has 1 aromatic carbocycles. The Balaban J connectivity index is 2.16. The van der Waals surface area contributed by atoms with Gasteiger partial charge in [0.2, 0.25) is 5.91 Å². The molecule has 2 N–H and O–H groups in total. The maximum absolute atomic E-state index is 12.5. The third kappa shape index (κ3) is 2.84. The van der Waals surface area contributed by atoms with Crippen molar-refractivity contribution in [3.05, 3.63) is 33.8 Å². The Morgan fingerprint density at radius 2 is 2.21 bits per heavy atom. The van der Waals surface area contributed by atoms with Crippen molar-refractivity contribution in [2.24, 2.45) is 5.73 Å². The highest BCUT2D eigenvalue weighted by atomic mass is 79.9. The lowest BCUT2D eigenvalue weighted by molar-refractivity contribution is -0.133. The Bertz CT molecular complexity index is 499. The number of amides is 1. The molecule has 0 spiro atoms. The van der Waals surface area contributed by atoms with E-state index in [2.05, 4.69) is 29.8 Å². The van der Waals surface area contributed by atoms with E-state index in [1.807, 2.05) is 30.0 Å². The Kier molecular flexibility index (Phi) is 4.02. The summed E-state index contributed by atoms with van der Waals surface area (Å²) >= 11 is 3.46. The Morgan fingerprint density at radius 3 is 2.79 bits per heavy atom. The molecule has 1 unspecified atom stereocenters. The number of rotatable bonds is 2. The molecule has 1 aliphatic heterocycles. The van der Waals surface area contributed by atoms with Crippen LogP contribution in [0.4, 0.5) is 0 Å². The molecule has 0 aliphatic carbocycles. The average Bonchev–Trinajstić information content (AvgIpc) is 2.59. The highest BCUT2D eigenvalue weighted by molar-refractivity contribution is 9.10. The summed E-state index contributed by atoms with van der Waals surface area (Å²) in [5, 5.41) is 0. The third-order valence-electron chi connectivity index (χ3n) is 4.22. The predicted octanol–water partition coefficient (Wildman–Crippen LogP) is 2.64. The van der Waals surface area contributed by atoms with Crippen molar-refractivity contribution in [3.8, 4) is 0 Å². The number of nitrogens with two attached hydrogens (primary N) is 1. The maximum atomic E-state index is 12.5. The van der Waals surface area contributed by atoms with E-state index in [4.69, 9.17) is 5.73 Å².